The molecule has 1 N–H and O–H groups in total. The van der Waals surface area contributed by atoms with E-state index in [9.17, 15) is 4.79 Å². The van der Waals surface area contributed by atoms with Gasteiger partial charge in [-0.15, -0.1) is 0 Å². The summed E-state index contributed by atoms with van der Waals surface area (Å²) in [6.45, 7) is 2.59. The van der Waals surface area contributed by atoms with Crippen molar-refractivity contribution in [2.45, 2.75) is 31.3 Å². The van der Waals surface area contributed by atoms with Gasteiger partial charge in [0.2, 0.25) is 0 Å². The predicted octanol–water partition coefficient (Wildman–Crippen LogP) is 3.63. The number of nitrogens with one attached hydrogen (secondary N) is 1. The zero-order chi connectivity index (χ0) is 20.2. The predicted molar refractivity (Wildman–Crippen MR) is 114 cm³/mol. The third-order valence-electron chi connectivity index (χ3n) is 5.80. The van der Waals surface area contributed by atoms with Crippen LogP contribution in [-0.2, 0) is 6.42 Å². The van der Waals surface area contributed by atoms with E-state index in [0.29, 0.717) is 23.2 Å². The van der Waals surface area contributed by atoms with Crippen LogP contribution in [0.25, 0.3) is 0 Å². The van der Waals surface area contributed by atoms with E-state index in [0.717, 1.165) is 26.1 Å². The van der Waals surface area contributed by atoms with Crippen LogP contribution in [0.1, 0.15) is 18.4 Å². The number of nitrogens with zero attached hydrogens (tertiary/aromatic N) is 2. The number of amides is 2. The van der Waals surface area contributed by atoms with Crippen LogP contribution in [0.4, 0.5) is 10.5 Å². The maximum absolute atomic E-state index is 13.2. The van der Waals surface area contributed by atoms with Gasteiger partial charge in [-0.05, 0) is 37.0 Å². The Labute approximate surface area is 172 Å². The van der Waals surface area contributed by atoms with E-state index >= 15 is 0 Å². The number of carbonyl (C=O) groups excluding carboxylic acids is 1. The normalized spacial score (nSPS) is 19.7. The molecule has 1 aliphatic heterocycles. The van der Waals surface area contributed by atoms with Gasteiger partial charge < -0.3 is 19.7 Å². The van der Waals surface area contributed by atoms with Crippen molar-refractivity contribution in [1.29, 1.82) is 0 Å². The van der Waals surface area contributed by atoms with Crippen molar-refractivity contribution >= 4 is 11.7 Å². The first-order valence-electron chi connectivity index (χ1n) is 10.3. The second-order valence-corrected chi connectivity index (χ2v) is 7.76. The minimum atomic E-state index is -0.0788. The van der Waals surface area contributed by atoms with Crippen molar-refractivity contribution < 1.29 is 14.3 Å². The minimum absolute atomic E-state index is 0.0788. The Hall–Kier alpha value is -2.73. The lowest BCUT2D eigenvalue weighted by Crippen LogP contribution is -2.57. The van der Waals surface area contributed by atoms with Gasteiger partial charge in [0.15, 0.2) is 0 Å². The number of urea groups is 1. The number of carbonyl (C=O) groups is 1. The zero-order valence-corrected chi connectivity index (χ0v) is 17.1. The summed E-state index contributed by atoms with van der Waals surface area (Å²) in [5.74, 6) is 1.29. The summed E-state index contributed by atoms with van der Waals surface area (Å²) in [5.41, 5.74) is 1.91. The smallest absolute Gasteiger partial charge is 0.322 e. The molecule has 0 radical (unpaired) electrons. The van der Waals surface area contributed by atoms with Crippen LogP contribution < -0.4 is 14.8 Å². The highest BCUT2D eigenvalue weighted by Gasteiger charge is 2.37. The van der Waals surface area contributed by atoms with Crippen molar-refractivity contribution in [3.05, 3.63) is 54.1 Å². The topological polar surface area (TPSA) is 54.0 Å². The van der Waals surface area contributed by atoms with E-state index in [1.54, 1.807) is 20.3 Å². The van der Waals surface area contributed by atoms with Gasteiger partial charge in [-0.2, -0.15) is 0 Å². The molecule has 0 bridgehead atoms. The molecule has 0 aromatic heterocycles. The molecule has 2 fully saturated rings. The van der Waals surface area contributed by atoms with Crippen LogP contribution >= 0.6 is 0 Å². The number of hydrogen-bond acceptors (Lipinski definition) is 4. The summed E-state index contributed by atoms with van der Waals surface area (Å²) in [4.78, 5) is 17.7. The van der Waals surface area contributed by atoms with Gasteiger partial charge in [-0.25, -0.2) is 4.79 Å². The molecule has 2 amide bonds. The van der Waals surface area contributed by atoms with Gasteiger partial charge in [0, 0.05) is 31.7 Å². The van der Waals surface area contributed by atoms with E-state index in [1.807, 2.05) is 23.1 Å². The fourth-order valence-electron chi connectivity index (χ4n) is 4.07. The third-order valence-corrected chi connectivity index (χ3v) is 5.80. The maximum atomic E-state index is 13.2. The molecule has 1 saturated heterocycles. The Bertz CT molecular complexity index is 839. The second kappa shape index (κ2) is 8.74. The zero-order valence-electron chi connectivity index (χ0n) is 17.1. The molecular formula is C23H29N3O3. The van der Waals surface area contributed by atoms with E-state index in [1.165, 1.54) is 18.4 Å². The van der Waals surface area contributed by atoms with Gasteiger partial charge in [0.05, 0.1) is 25.9 Å². The molecule has 6 nitrogen and oxygen atoms in total. The highest BCUT2D eigenvalue weighted by Crippen LogP contribution is 2.31. The van der Waals surface area contributed by atoms with Crippen LogP contribution in [-0.4, -0.2) is 61.8 Å². The fourth-order valence-corrected chi connectivity index (χ4v) is 4.07. The fraction of sp³-hybridized carbons (Fsp3) is 0.435. The van der Waals surface area contributed by atoms with Crippen molar-refractivity contribution in [3.63, 3.8) is 0 Å². The van der Waals surface area contributed by atoms with Gasteiger partial charge >= 0.3 is 6.03 Å². The number of rotatable bonds is 6. The minimum Gasteiger partial charge on any atom is -0.497 e. The van der Waals surface area contributed by atoms with Crippen LogP contribution in [0, 0.1) is 0 Å². The SMILES string of the molecule is COc1ccc(NC(=O)N2CCN(C3CC3)CC2Cc2ccccc2)c(OC)c1. The first-order chi connectivity index (χ1) is 14.2. The van der Waals surface area contributed by atoms with E-state index in [4.69, 9.17) is 9.47 Å². The highest BCUT2D eigenvalue weighted by molar-refractivity contribution is 5.91. The molecule has 154 valence electrons. The summed E-state index contributed by atoms with van der Waals surface area (Å²) in [6, 6.07) is 16.6. The monoisotopic (exact) mass is 395 g/mol. The molecule has 1 unspecified atom stereocenters. The molecule has 2 aromatic carbocycles. The Balaban J connectivity index is 1.50. The average Bonchev–Trinajstić information content (AvgIpc) is 3.60. The van der Waals surface area contributed by atoms with Crippen LogP contribution in [0.15, 0.2) is 48.5 Å². The van der Waals surface area contributed by atoms with Crippen molar-refractivity contribution in [2.24, 2.45) is 0 Å². The lowest BCUT2D eigenvalue weighted by atomic mass is 10.0. The highest BCUT2D eigenvalue weighted by atomic mass is 16.5. The van der Waals surface area contributed by atoms with Crippen LogP contribution in [0.2, 0.25) is 0 Å². The lowest BCUT2D eigenvalue weighted by molar-refractivity contribution is 0.0954. The summed E-state index contributed by atoms with van der Waals surface area (Å²) in [7, 11) is 3.21. The molecule has 2 aromatic rings. The van der Waals surface area contributed by atoms with E-state index < -0.39 is 0 Å². The first kappa shape index (κ1) is 19.6. The van der Waals surface area contributed by atoms with Crippen LogP contribution in [0.5, 0.6) is 11.5 Å². The van der Waals surface area contributed by atoms with Gasteiger partial charge in [0.25, 0.3) is 0 Å². The standard InChI is InChI=1S/C23H29N3O3/c1-28-20-10-11-21(22(15-20)29-2)24-23(27)26-13-12-25(18-8-9-18)16-19(26)14-17-6-4-3-5-7-17/h3-7,10-11,15,18-19H,8-9,12-14,16H2,1-2H3,(H,24,27). The molecular weight excluding hydrogens is 366 g/mol. The Morgan fingerprint density at radius 1 is 1.07 bits per heavy atom. The molecule has 29 heavy (non-hydrogen) atoms. The molecule has 1 saturated carbocycles. The lowest BCUT2D eigenvalue weighted by Gasteiger charge is -2.41. The molecule has 1 atom stereocenters. The van der Waals surface area contributed by atoms with Crippen molar-refractivity contribution in [2.75, 3.05) is 39.2 Å². The number of methoxy groups -OCH3 is 2. The summed E-state index contributed by atoms with van der Waals surface area (Å²) in [6.07, 6.45) is 3.43. The summed E-state index contributed by atoms with van der Waals surface area (Å²) < 4.78 is 10.7. The van der Waals surface area contributed by atoms with E-state index in [-0.39, 0.29) is 12.1 Å². The molecule has 2 aliphatic rings. The third kappa shape index (κ3) is 4.65. The molecule has 0 spiro atoms. The van der Waals surface area contributed by atoms with E-state index in [2.05, 4.69) is 34.5 Å². The molecule has 1 aliphatic carbocycles. The van der Waals surface area contributed by atoms with Gasteiger partial charge in [-0.3, -0.25) is 4.90 Å². The second-order valence-electron chi connectivity index (χ2n) is 7.76. The number of hydrogen-bond donors (Lipinski definition) is 1. The average molecular weight is 396 g/mol. The number of piperazine rings is 1. The van der Waals surface area contributed by atoms with Crippen molar-refractivity contribution in [3.8, 4) is 11.5 Å². The first-order valence-corrected chi connectivity index (χ1v) is 10.3. The Morgan fingerprint density at radius 3 is 2.55 bits per heavy atom. The Morgan fingerprint density at radius 2 is 1.86 bits per heavy atom. The van der Waals surface area contributed by atoms with Gasteiger partial charge in [0.1, 0.15) is 11.5 Å². The maximum Gasteiger partial charge on any atom is 0.322 e. The number of benzene rings is 2. The number of anilines is 1. The quantitative estimate of drug-likeness (QED) is 0.812. The largest absolute Gasteiger partial charge is 0.497 e. The van der Waals surface area contributed by atoms with Crippen molar-refractivity contribution in [1.82, 2.24) is 9.80 Å². The molecule has 6 heteroatoms. The van der Waals surface area contributed by atoms with Gasteiger partial charge in [-0.1, -0.05) is 30.3 Å². The van der Waals surface area contributed by atoms with Crippen LogP contribution in [0.3, 0.4) is 0 Å². The summed E-state index contributed by atoms with van der Waals surface area (Å²) in [5, 5.41) is 3.05. The number of ether oxygens (including phenoxy) is 2. The molecule has 4 rings (SSSR count). The molecule has 1 heterocycles. The summed E-state index contributed by atoms with van der Waals surface area (Å²) >= 11 is 0. The Kier molecular flexibility index (Phi) is 5.90.